The molecule has 1 heterocycles. The van der Waals surface area contributed by atoms with Crippen LogP contribution in [-0.4, -0.2) is 40.0 Å². The van der Waals surface area contributed by atoms with Crippen LogP contribution in [0.5, 0.6) is 0 Å². The molecule has 35 heavy (non-hydrogen) atoms. The van der Waals surface area contributed by atoms with Gasteiger partial charge in [0.15, 0.2) is 0 Å². The van der Waals surface area contributed by atoms with E-state index < -0.39 is 29.5 Å². The number of hydrogen-bond acceptors (Lipinski definition) is 4. The summed E-state index contributed by atoms with van der Waals surface area (Å²) in [5, 5.41) is 12.1. The zero-order valence-electron chi connectivity index (χ0n) is 19.6. The van der Waals surface area contributed by atoms with Gasteiger partial charge in [0.2, 0.25) is 0 Å². The molecule has 0 radical (unpaired) electrons. The third-order valence-corrected chi connectivity index (χ3v) is 5.59. The van der Waals surface area contributed by atoms with Gasteiger partial charge >= 0.3 is 5.97 Å². The van der Waals surface area contributed by atoms with E-state index in [4.69, 9.17) is 5.73 Å². The quantitative estimate of drug-likeness (QED) is 0.223. The van der Waals surface area contributed by atoms with Crippen LogP contribution >= 0.6 is 0 Å². The van der Waals surface area contributed by atoms with E-state index in [-0.39, 0.29) is 12.0 Å². The number of aromatic nitrogens is 1. The van der Waals surface area contributed by atoms with Crippen molar-refractivity contribution in [2.45, 2.75) is 38.3 Å². The molecule has 0 aliphatic heterocycles. The van der Waals surface area contributed by atoms with Gasteiger partial charge in [-0.15, -0.1) is 0 Å². The highest BCUT2D eigenvalue weighted by Gasteiger charge is 2.24. The molecular formula is C27H30N4O4. The molecule has 0 fully saturated rings. The van der Waals surface area contributed by atoms with Crippen molar-refractivity contribution >= 4 is 17.7 Å². The highest BCUT2D eigenvalue weighted by atomic mass is 16.4. The number of carbonyl (C=O) groups is 2. The number of pyridine rings is 1. The number of aliphatic carboxylic acids is 1. The van der Waals surface area contributed by atoms with Crippen LogP contribution in [-0.2, 0) is 4.79 Å². The Hall–Kier alpha value is -4.20. The molecule has 182 valence electrons. The summed E-state index contributed by atoms with van der Waals surface area (Å²) in [7, 11) is 0. The predicted octanol–water partition coefficient (Wildman–Crippen LogP) is 3.22. The fraction of sp³-hybridized carbons (Fsp3) is 0.259. The van der Waals surface area contributed by atoms with Crippen LogP contribution in [0.15, 0.2) is 88.8 Å². The van der Waals surface area contributed by atoms with Crippen molar-refractivity contribution in [3.63, 3.8) is 0 Å². The molecule has 8 nitrogen and oxygen atoms in total. The van der Waals surface area contributed by atoms with Gasteiger partial charge in [0.1, 0.15) is 11.6 Å². The van der Waals surface area contributed by atoms with Gasteiger partial charge in [0.25, 0.3) is 11.5 Å². The largest absolute Gasteiger partial charge is 0.480 e. The minimum Gasteiger partial charge on any atom is -0.480 e. The predicted molar refractivity (Wildman–Crippen MR) is 136 cm³/mol. The summed E-state index contributed by atoms with van der Waals surface area (Å²) in [5.74, 6) is -1.40. The number of benzene rings is 2. The van der Waals surface area contributed by atoms with Crippen LogP contribution in [0.25, 0.3) is 0 Å². The van der Waals surface area contributed by atoms with E-state index in [0.717, 1.165) is 11.1 Å². The number of rotatable bonds is 11. The van der Waals surface area contributed by atoms with Gasteiger partial charge in [-0.05, 0) is 49.4 Å². The molecule has 3 rings (SSSR count). The van der Waals surface area contributed by atoms with E-state index in [9.17, 15) is 19.5 Å². The molecule has 3 aromatic rings. The minimum atomic E-state index is -1.15. The van der Waals surface area contributed by atoms with Gasteiger partial charge in [-0.2, -0.15) is 0 Å². The Morgan fingerprint density at radius 1 is 0.971 bits per heavy atom. The lowest BCUT2D eigenvalue weighted by Gasteiger charge is -2.22. The van der Waals surface area contributed by atoms with Crippen LogP contribution in [0.2, 0.25) is 0 Å². The van der Waals surface area contributed by atoms with Crippen LogP contribution < -0.4 is 16.6 Å². The summed E-state index contributed by atoms with van der Waals surface area (Å²) in [6, 6.07) is 20.5. The van der Waals surface area contributed by atoms with Gasteiger partial charge < -0.3 is 20.7 Å². The fourth-order valence-electron chi connectivity index (χ4n) is 3.88. The molecule has 1 aromatic heterocycles. The lowest BCUT2D eigenvalue weighted by Crippen LogP contribution is -2.43. The normalized spacial score (nSPS) is 12.3. The third kappa shape index (κ3) is 6.89. The number of amides is 1. The van der Waals surface area contributed by atoms with Crippen LogP contribution in [0.1, 0.15) is 53.7 Å². The molecule has 1 atom stereocenters. The first-order valence-electron chi connectivity index (χ1n) is 11.5. The van der Waals surface area contributed by atoms with Gasteiger partial charge in [-0.3, -0.25) is 14.6 Å². The smallest absolute Gasteiger partial charge is 0.326 e. The van der Waals surface area contributed by atoms with Crippen molar-refractivity contribution in [1.82, 2.24) is 9.88 Å². The van der Waals surface area contributed by atoms with Crippen LogP contribution in [0, 0.1) is 0 Å². The highest BCUT2D eigenvalue weighted by molar-refractivity contribution is 5.96. The van der Waals surface area contributed by atoms with Gasteiger partial charge in [-0.1, -0.05) is 60.7 Å². The summed E-state index contributed by atoms with van der Waals surface area (Å²) >= 11 is 0. The van der Waals surface area contributed by atoms with Crippen LogP contribution in [0.4, 0.5) is 0 Å². The highest BCUT2D eigenvalue weighted by Crippen LogP contribution is 2.25. The Morgan fingerprint density at radius 2 is 1.57 bits per heavy atom. The summed E-state index contributed by atoms with van der Waals surface area (Å²) in [5.41, 5.74) is 6.66. The van der Waals surface area contributed by atoms with Crippen molar-refractivity contribution in [3.8, 4) is 0 Å². The molecular weight excluding hydrogens is 444 g/mol. The second-order valence-corrected chi connectivity index (χ2v) is 8.24. The standard InChI is InChI=1S/C27H30N4O4/c1-19(28)29-17-9-8-16-23(27(34)35)30-25(32)22-15-10-18-31(26(22)33)24(20-11-4-2-5-12-20)21-13-6-3-7-14-21/h2-7,10-15,18,23-24H,8-9,16-17H2,1H3,(H2,28,29)(H,30,32)(H,34,35). The Labute approximate surface area is 204 Å². The Morgan fingerprint density at radius 3 is 2.11 bits per heavy atom. The molecule has 1 unspecified atom stereocenters. The summed E-state index contributed by atoms with van der Waals surface area (Å²) in [6.07, 6.45) is 3.04. The van der Waals surface area contributed by atoms with Crippen molar-refractivity contribution in [1.29, 1.82) is 0 Å². The van der Waals surface area contributed by atoms with E-state index in [0.29, 0.717) is 25.2 Å². The van der Waals surface area contributed by atoms with Gasteiger partial charge in [0.05, 0.1) is 11.9 Å². The SMILES string of the molecule is CC(N)=NCCCCC(NC(=O)c1cccn(C(c2ccccc2)c2ccccc2)c1=O)C(=O)O. The molecule has 4 N–H and O–H groups in total. The average molecular weight is 475 g/mol. The molecule has 0 aliphatic carbocycles. The number of nitrogens with zero attached hydrogens (tertiary/aromatic N) is 2. The first-order chi connectivity index (χ1) is 16.9. The lowest BCUT2D eigenvalue weighted by atomic mass is 9.98. The van der Waals surface area contributed by atoms with E-state index in [1.165, 1.54) is 10.6 Å². The summed E-state index contributed by atoms with van der Waals surface area (Å²) in [4.78, 5) is 42.2. The maximum Gasteiger partial charge on any atom is 0.326 e. The monoisotopic (exact) mass is 474 g/mol. The number of aliphatic imine (C=N–C) groups is 1. The molecule has 0 saturated heterocycles. The Kier molecular flexibility index (Phi) is 8.95. The van der Waals surface area contributed by atoms with E-state index in [1.807, 2.05) is 60.7 Å². The van der Waals surface area contributed by atoms with Crippen molar-refractivity contribution in [2.24, 2.45) is 10.7 Å². The van der Waals surface area contributed by atoms with E-state index in [1.54, 1.807) is 19.2 Å². The number of unbranched alkanes of at least 4 members (excludes halogenated alkanes) is 1. The number of hydrogen-bond donors (Lipinski definition) is 3. The molecule has 0 aliphatic rings. The van der Waals surface area contributed by atoms with Gasteiger partial charge in [-0.25, -0.2) is 4.79 Å². The topological polar surface area (TPSA) is 127 Å². The van der Waals surface area contributed by atoms with Crippen molar-refractivity contribution in [3.05, 3.63) is 106 Å². The zero-order valence-corrected chi connectivity index (χ0v) is 19.6. The van der Waals surface area contributed by atoms with Crippen molar-refractivity contribution in [2.75, 3.05) is 6.54 Å². The molecule has 1 amide bonds. The molecule has 0 saturated carbocycles. The number of carboxylic acids is 1. The second kappa shape index (κ2) is 12.3. The number of carboxylic acid groups (broad SMARTS) is 1. The van der Waals surface area contributed by atoms with E-state index in [2.05, 4.69) is 10.3 Å². The zero-order chi connectivity index (χ0) is 25.2. The molecule has 0 bridgehead atoms. The Balaban J connectivity index is 1.85. The number of nitrogens with one attached hydrogen (secondary N) is 1. The Bertz CT molecular complexity index is 1180. The molecule has 2 aromatic carbocycles. The third-order valence-electron chi connectivity index (χ3n) is 5.59. The first-order valence-corrected chi connectivity index (χ1v) is 11.5. The first kappa shape index (κ1) is 25.4. The summed E-state index contributed by atoms with van der Waals surface area (Å²) < 4.78 is 1.50. The maximum absolute atomic E-state index is 13.4. The number of nitrogens with two attached hydrogens (primary N) is 1. The lowest BCUT2D eigenvalue weighted by molar-refractivity contribution is -0.139. The number of amidine groups is 1. The fourth-order valence-corrected chi connectivity index (χ4v) is 3.88. The summed E-state index contributed by atoms with van der Waals surface area (Å²) in [6.45, 7) is 2.18. The molecule has 8 heteroatoms. The van der Waals surface area contributed by atoms with Gasteiger partial charge in [0, 0.05) is 12.7 Å². The molecule has 0 spiro atoms. The van der Waals surface area contributed by atoms with Crippen molar-refractivity contribution < 1.29 is 14.7 Å². The number of carbonyl (C=O) groups excluding carboxylic acids is 1. The minimum absolute atomic E-state index is 0.112. The van der Waals surface area contributed by atoms with E-state index >= 15 is 0 Å². The maximum atomic E-state index is 13.4. The second-order valence-electron chi connectivity index (χ2n) is 8.24. The van der Waals surface area contributed by atoms with Crippen LogP contribution in [0.3, 0.4) is 0 Å². The average Bonchev–Trinajstić information content (AvgIpc) is 2.85.